The smallest absolute Gasteiger partial charge is 0.410 e. The molecule has 0 saturated carbocycles. The fraction of sp³-hybridized carbons (Fsp3) is 0.658. The van der Waals surface area contributed by atoms with E-state index in [1.807, 2.05) is 71.4 Å². The van der Waals surface area contributed by atoms with Crippen LogP contribution in [0.25, 0.3) is 0 Å². The number of rotatable bonds is 6. The molecular formula is C38H60FN5O4. The zero-order valence-electron chi connectivity index (χ0n) is 31.3. The summed E-state index contributed by atoms with van der Waals surface area (Å²) in [5, 5.41) is 0. The van der Waals surface area contributed by atoms with Crippen molar-refractivity contribution in [2.24, 2.45) is 0 Å². The van der Waals surface area contributed by atoms with Gasteiger partial charge in [-0.15, -0.1) is 0 Å². The number of fused-ring (bicyclic) bond motifs is 1. The van der Waals surface area contributed by atoms with Gasteiger partial charge in [-0.1, -0.05) is 53.7 Å². The lowest BCUT2D eigenvalue weighted by Gasteiger charge is -2.47. The molecule has 0 N–H and O–H groups in total. The van der Waals surface area contributed by atoms with Gasteiger partial charge in [0.05, 0.1) is 31.1 Å². The van der Waals surface area contributed by atoms with Crippen molar-refractivity contribution in [1.29, 1.82) is 0 Å². The van der Waals surface area contributed by atoms with Gasteiger partial charge < -0.3 is 19.3 Å². The number of nitrogens with zero attached hydrogens (tertiary/aromatic N) is 5. The first kappa shape index (κ1) is 39.4. The van der Waals surface area contributed by atoms with Gasteiger partial charge in [-0.25, -0.2) is 9.18 Å². The van der Waals surface area contributed by atoms with Crippen LogP contribution in [0.15, 0.2) is 36.5 Å². The number of halogens is 1. The Morgan fingerprint density at radius 2 is 1.67 bits per heavy atom. The van der Waals surface area contributed by atoms with Crippen LogP contribution in [0, 0.1) is 5.82 Å². The topological polar surface area (TPSA) is 78.5 Å². The highest BCUT2D eigenvalue weighted by Gasteiger charge is 2.43. The molecule has 4 heterocycles. The van der Waals surface area contributed by atoms with Crippen LogP contribution in [0.1, 0.15) is 93.0 Å². The Morgan fingerprint density at radius 1 is 1.00 bits per heavy atom. The maximum Gasteiger partial charge on any atom is 0.410 e. The average molecular weight is 670 g/mol. The highest BCUT2D eigenvalue weighted by Crippen LogP contribution is 2.40. The molecule has 2 fully saturated rings. The second-order valence-corrected chi connectivity index (χ2v) is 14.4. The van der Waals surface area contributed by atoms with Crippen molar-refractivity contribution in [3.8, 4) is 0 Å². The third-order valence-corrected chi connectivity index (χ3v) is 8.90. The number of anilines is 1. The van der Waals surface area contributed by atoms with Gasteiger partial charge in [-0.3, -0.25) is 19.6 Å². The lowest BCUT2D eigenvalue weighted by molar-refractivity contribution is -0.121. The molecule has 0 spiro atoms. The minimum absolute atomic E-state index is 0.0236. The number of benzene rings is 1. The predicted molar refractivity (Wildman–Crippen MR) is 191 cm³/mol. The number of aromatic nitrogens is 1. The summed E-state index contributed by atoms with van der Waals surface area (Å²) in [5.74, 6) is -0.238. The van der Waals surface area contributed by atoms with Crippen LogP contribution >= 0.6 is 0 Å². The third-order valence-electron chi connectivity index (χ3n) is 8.90. The zero-order valence-corrected chi connectivity index (χ0v) is 31.3. The van der Waals surface area contributed by atoms with Crippen molar-refractivity contribution in [3.05, 3.63) is 59.2 Å². The van der Waals surface area contributed by atoms with Crippen LogP contribution in [0.2, 0.25) is 0 Å². The fourth-order valence-corrected chi connectivity index (χ4v) is 6.55. The molecule has 10 heteroatoms. The van der Waals surface area contributed by atoms with Crippen LogP contribution < -0.4 is 4.90 Å². The van der Waals surface area contributed by atoms with Crippen LogP contribution in [0.4, 0.5) is 14.9 Å². The van der Waals surface area contributed by atoms with E-state index in [-0.39, 0.29) is 47.9 Å². The molecule has 0 unspecified atom stereocenters. The van der Waals surface area contributed by atoms with E-state index in [0.717, 1.165) is 35.6 Å². The van der Waals surface area contributed by atoms with Crippen molar-refractivity contribution < 1.29 is 23.5 Å². The minimum Gasteiger partial charge on any atom is -0.444 e. The van der Waals surface area contributed by atoms with Gasteiger partial charge in [0.15, 0.2) is 0 Å². The van der Waals surface area contributed by atoms with Crippen molar-refractivity contribution in [1.82, 2.24) is 19.7 Å². The SMILES string of the molecule is CC.CC.C[C@@H]1COCCN1C[C@H]1CN(C(=O)OC(C)(C)C)[C@H](C)CN1CC(=O)N1CC(C)(C)c2ncc(Cc3ccc(F)cc3)cc21. The quantitative estimate of drug-likeness (QED) is 0.347. The Labute approximate surface area is 288 Å². The molecule has 1 aromatic heterocycles. The number of morpholine rings is 1. The lowest BCUT2D eigenvalue weighted by atomic mass is 9.91. The van der Waals surface area contributed by atoms with Gasteiger partial charge in [-0.2, -0.15) is 0 Å². The van der Waals surface area contributed by atoms with E-state index in [4.69, 9.17) is 14.5 Å². The third kappa shape index (κ3) is 9.98. The summed E-state index contributed by atoms with van der Waals surface area (Å²) in [6, 6.07) is 8.66. The zero-order chi connectivity index (χ0) is 35.8. The average Bonchev–Trinajstić information content (AvgIpc) is 3.31. The molecule has 268 valence electrons. The highest BCUT2D eigenvalue weighted by atomic mass is 19.1. The number of amides is 2. The van der Waals surface area contributed by atoms with E-state index in [0.29, 0.717) is 39.3 Å². The summed E-state index contributed by atoms with van der Waals surface area (Å²) in [7, 11) is 0. The molecule has 2 amide bonds. The van der Waals surface area contributed by atoms with Gasteiger partial charge in [0.2, 0.25) is 5.91 Å². The first-order valence-corrected chi connectivity index (χ1v) is 17.8. The van der Waals surface area contributed by atoms with E-state index in [2.05, 4.69) is 36.6 Å². The Bertz CT molecular complexity index is 1350. The summed E-state index contributed by atoms with van der Waals surface area (Å²) < 4.78 is 24.9. The molecule has 5 rings (SSSR count). The minimum atomic E-state index is -0.586. The van der Waals surface area contributed by atoms with Gasteiger partial charge >= 0.3 is 6.09 Å². The summed E-state index contributed by atoms with van der Waals surface area (Å²) in [4.78, 5) is 40.5. The molecule has 3 atom stereocenters. The molecule has 3 aliphatic heterocycles. The second kappa shape index (κ2) is 17.0. The molecule has 3 aliphatic rings. The number of carbonyl (C=O) groups excluding carboxylic acids is 2. The number of ether oxygens (including phenoxy) is 2. The van der Waals surface area contributed by atoms with E-state index in [1.165, 1.54) is 12.1 Å². The van der Waals surface area contributed by atoms with Crippen LogP contribution in [-0.2, 0) is 26.1 Å². The van der Waals surface area contributed by atoms with Crippen molar-refractivity contribution >= 4 is 17.7 Å². The maximum absolute atomic E-state index is 14.2. The molecular weight excluding hydrogens is 609 g/mol. The molecule has 2 aromatic rings. The number of carbonyl (C=O) groups is 2. The Balaban J connectivity index is 0.00000151. The van der Waals surface area contributed by atoms with E-state index < -0.39 is 5.60 Å². The summed E-state index contributed by atoms with van der Waals surface area (Å²) in [5.41, 5.74) is 2.85. The largest absolute Gasteiger partial charge is 0.444 e. The standard InChI is InChI=1S/C34H48FN5O4.2C2H6/c1-23-17-38(28(18-37-12-13-43-21-24(37)2)19-39(23)32(42)44-33(3,4)5)20-30(41)40-22-34(6,7)31-29(40)15-26(16-36-31)14-25-8-10-27(35)11-9-25;2*1-2/h8-11,15-16,23-24,28H,12-14,17-22H2,1-7H3;2*1-2H3/t23-,24-,28+;;/m1../s1. The Kier molecular flexibility index (Phi) is 14.0. The van der Waals surface area contributed by atoms with Crippen LogP contribution in [0.3, 0.4) is 0 Å². The van der Waals surface area contributed by atoms with E-state index in [1.54, 1.807) is 12.1 Å². The normalized spacial score (nSPS) is 22.5. The summed E-state index contributed by atoms with van der Waals surface area (Å²) >= 11 is 0. The van der Waals surface area contributed by atoms with Crippen LogP contribution in [0.5, 0.6) is 0 Å². The molecule has 0 bridgehead atoms. The summed E-state index contributed by atoms with van der Waals surface area (Å²) in [6.07, 6.45) is 2.16. The second-order valence-electron chi connectivity index (χ2n) is 14.4. The maximum atomic E-state index is 14.2. The number of hydrogen-bond acceptors (Lipinski definition) is 7. The lowest BCUT2D eigenvalue weighted by Crippen LogP contribution is -2.64. The molecule has 2 saturated heterocycles. The molecule has 0 radical (unpaired) electrons. The van der Waals surface area contributed by atoms with Gasteiger partial charge in [0.25, 0.3) is 0 Å². The highest BCUT2D eigenvalue weighted by molar-refractivity contribution is 5.97. The Morgan fingerprint density at radius 3 is 2.29 bits per heavy atom. The predicted octanol–water partition coefficient (Wildman–Crippen LogP) is 6.52. The molecule has 0 aliphatic carbocycles. The van der Waals surface area contributed by atoms with Gasteiger partial charge in [-0.05, 0) is 70.4 Å². The van der Waals surface area contributed by atoms with Crippen molar-refractivity contribution in [3.63, 3.8) is 0 Å². The first-order valence-electron chi connectivity index (χ1n) is 17.8. The summed E-state index contributed by atoms with van der Waals surface area (Å²) in [6.45, 7) is 26.8. The van der Waals surface area contributed by atoms with E-state index >= 15 is 0 Å². The van der Waals surface area contributed by atoms with Gasteiger partial charge in [0, 0.05) is 62.5 Å². The van der Waals surface area contributed by atoms with Crippen molar-refractivity contribution in [2.75, 3.05) is 57.4 Å². The monoisotopic (exact) mass is 669 g/mol. The molecule has 9 nitrogen and oxygen atoms in total. The molecule has 48 heavy (non-hydrogen) atoms. The number of piperazine rings is 1. The van der Waals surface area contributed by atoms with Crippen LogP contribution in [-0.4, -0.2) is 108 Å². The first-order chi connectivity index (χ1) is 22.7. The number of hydrogen-bond donors (Lipinski definition) is 0. The van der Waals surface area contributed by atoms with Crippen molar-refractivity contribution in [2.45, 2.75) is 112 Å². The Hall–Kier alpha value is -3.08. The van der Waals surface area contributed by atoms with Gasteiger partial charge in [0.1, 0.15) is 11.4 Å². The number of pyridine rings is 1. The van der Waals surface area contributed by atoms with E-state index in [9.17, 15) is 14.0 Å². The molecule has 1 aromatic carbocycles. The fourth-order valence-electron chi connectivity index (χ4n) is 6.55.